The molecule has 15 heteroatoms. The Morgan fingerprint density at radius 2 is 1.18 bits per heavy atom. The second-order valence-corrected chi connectivity index (χ2v) is 7.24. The molecule has 0 heterocycles. The zero-order valence-electron chi connectivity index (χ0n) is 18.0. The van der Waals surface area contributed by atoms with Crippen molar-refractivity contribution in [2.24, 2.45) is 17.2 Å². The normalized spacial score (nSPS) is 14.1. The summed E-state index contributed by atoms with van der Waals surface area (Å²) in [6, 6.07) is -5.27. The number of carbonyl (C=O) groups is 7. The molecule has 0 spiro atoms. The number of hydrogen-bond donors (Lipinski definition) is 8. The average Bonchev–Trinajstić information content (AvgIpc) is 2.70. The van der Waals surface area contributed by atoms with Crippen LogP contribution in [0, 0.1) is 0 Å². The fourth-order valence-electron chi connectivity index (χ4n) is 2.46. The number of carbonyl (C=O) groups excluding carboxylic acids is 5. The molecule has 0 radical (unpaired) electrons. The van der Waals surface area contributed by atoms with Crippen molar-refractivity contribution in [1.82, 2.24) is 16.0 Å². The van der Waals surface area contributed by atoms with Gasteiger partial charge in [0.2, 0.25) is 29.5 Å². The highest BCUT2D eigenvalue weighted by Gasteiger charge is 2.28. The molecule has 0 fully saturated rings. The van der Waals surface area contributed by atoms with E-state index in [1.165, 1.54) is 6.92 Å². The lowest BCUT2D eigenvalue weighted by Crippen LogP contribution is -2.56. The van der Waals surface area contributed by atoms with Gasteiger partial charge in [-0.25, -0.2) is 4.79 Å². The first kappa shape index (κ1) is 29.2. The summed E-state index contributed by atoms with van der Waals surface area (Å²) < 4.78 is 0. The maximum absolute atomic E-state index is 12.6. The number of nitrogens with one attached hydrogen (secondary N) is 3. The largest absolute Gasteiger partial charge is 0.481 e. The van der Waals surface area contributed by atoms with Gasteiger partial charge < -0.3 is 43.4 Å². The molecule has 0 rings (SSSR count). The molecule has 0 aromatic carbocycles. The van der Waals surface area contributed by atoms with Crippen molar-refractivity contribution in [3.05, 3.63) is 0 Å². The lowest BCUT2D eigenvalue weighted by molar-refractivity contribution is -0.143. The monoisotopic (exact) mass is 474 g/mol. The molecule has 4 unspecified atom stereocenters. The highest BCUT2D eigenvalue weighted by molar-refractivity contribution is 5.94. The van der Waals surface area contributed by atoms with Gasteiger partial charge in [0.1, 0.15) is 18.1 Å². The molecule has 0 aliphatic heterocycles. The Morgan fingerprint density at radius 3 is 1.67 bits per heavy atom. The van der Waals surface area contributed by atoms with E-state index in [0.717, 1.165) is 0 Å². The zero-order valence-corrected chi connectivity index (χ0v) is 18.0. The summed E-state index contributed by atoms with van der Waals surface area (Å²) in [5, 5.41) is 24.5. The van der Waals surface area contributed by atoms with Gasteiger partial charge in [-0.1, -0.05) is 0 Å². The Balaban J connectivity index is 5.13. The van der Waals surface area contributed by atoms with Crippen molar-refractivity contribution >= 4 is 41.5 Å². The topological polar surface area (TPSA) is 274 Å². The van der Waals surface area contributed by atoms with Crippen LogP contribution < -0.4 is 33.2 Å². The minimum atomic E-state index is -1.50. The molecule has 0 saturated carbocycles. The van der Waals surface area contributed by atoms with Crippen LogP contribution >= 0.6 is 0 Å². The zero-order chi connectivity index (χ0) is 25.7. The lowest BCUT2D eigenvalue weighted by atomic mass is 10.1. The van der Waals surface area contributed by atoms with Gasteiger partial charge >= 0.3 is 11.9 Å². The van der Waals surface area contributed by atoms with Crippen LogP contribution in [0.5, 0.6) is 0 Å². The highest BCUT2D eigenvalue weighted by Crippen LogP contribution is 2.03. The first-order valence-corrected chi connectivity index (χ1v) is 9.92. The van der Waals surface area contributed by atoms with Crippen molar-refractivity contribution in [2.45, 2.75) is 69.6 Å². The SMILES string of the molecule is CC(NC(=O)C(CCC(N)=O)NC(=O)C(N)CCC(N)=O)C(=O)NC(CCC(=O)O)C(=O)O. The summed E-state index contributed by atoms with van der Waals surface area (Å²) in [5.74, 6) is -6.75. The first-order valence-electron chi connectivity index (χ1n) is 9.92. The first-order chi connectivity index (χ1) is 15.2. The third kappa shape index (κ3) is 12.6. The fraction of sp³-hybridized carbons (Fsp3) is 0.611. The number of aliphatic carboxylic acids is 2. The van der Waals surface area contributed by atoms with Crippen LogP contribution in [0.4, 0.5) is 0 Å². The molecule has 0 aromatic rings. The molecule has 0 aliphatic carbocycles. The average molecular weight is 474 g/mol. The minimum absolute atomic E-state index is 0.0863. The van der Waals surface area contributed by atoms with E-state index in [9.17, 15) is 33.6 Å². The second-order valence-electron chi connectivity index (χ2n) is 7.24. The van der Waals surface area contributed by atoms with Gasteiger partial charge in [-0.2, -0.15) is 0 Å². The number of amides is 5. The fourth-order valence-corrected chi connectivity index (χ4v) is 2.46. The molecule has 5 amide bonds. The summed E-state index contributed by atoms with van der Waals surface area (Å²) in [5.41, 5.74) is 15.7. The molecule has 4 atom stereocenters. The molecule has 15 nitrogen and oxygen atoms in total. The Kier molecular flexibility index (Phi) is 12.7. The second kappa shape index (κ2) is 14.3. The van der Waals surface area contributed by atoms with E-state index >= 15 is 0 Å². The van der Waals surface area contributed by atoms with Gasteiger partial charge in [0.05, 0.1) is 6.04 Å². The van der Waals surface area contributed by atoms with E-state index in [1.54, 1.807) is 0 Å². The van der Waals surface area contributed by atoms with Gasteiger partial charge in [0.25, 0.3) is 0 Å². The van der Waals surface area contributed by atoms with Crippen LogP contribution in [0.1, 0.15) is 45.4 Å². The van der Waals surface area contributed by atoms with Crippen molar-refractivity contribution in [2.75, 3.05) is 0 Å². The van der Waals surface area contributed by atoms with Crippen molar-refractivity contribution in [3.8, 4) is 0 Å². The Morgan fingerprint density at radius 1 is 0.697 bits per heavy atom. The van der Waals surface area contributed by atoms with E-state index < -0.39 is 72.1 Å². The molecule has 11 N–H and O–H groups in total. The summed E-state index contributed by atoms with van der Waals surface area (Å²) in [4.78, 5) is 80.8. The molecular weight excluding hydrogens is 444 g/mol. The molecule has 0 aromatic heterocycles. The lowest BCUT2D eigenvalue weighted by Gasteiger charge is -2.23. The van der Waals surface area contributed by atoms with Gasteiger partial charge in [-0.05, 0) is 26.2 Å². The minimum Gasteiger partial charge on any atom is -0.481 e. The predicted octanol–water partition coefficient (Wildman–Crippen LogP) is -3.73. The molecule has 33 heavy (non-hydrogen) atoms. The predicted molar refractivity (Wildman–Crippen MR) is 111 cm³/mol. The van der Waals surface area contributed by atoms with Crippen LogP contribution in [0.15, 0.2) is 0 Å². The molecule has 186 valence electrons. The third-order valence-electron chi connectivity index (χ3n) is 4.36. The van der Waals surface area contributed by atoms with Gasteiger partial charge in [-0.15, -0.1) is 0 Å². The molecule has 0 aliphatic rings. The van der Waals surface area contributed by atoms with Crippen LogP contribution in [-0.2, 0) is 33.6 Å². The summed E-state index contributed by atoms with van der Waals surface area (Å²) in [6.45, 7) is 1.23. The molecule has 0 bridgehead atoms. The number of primary amides is 2. The number of carboxylic acid groups (broad SMARTS) is 2. The van der Waals surface area contributed by atoms with E-state index in [1.807, 2.05) is 0 Å². The Labute approximate surface area is 188 Å². The maximum Gasteiger partial charge on any atom is 0.326 e. The Bertz CT molecular complexity index is 773. The van der Waals surface area contributed by atoms with Crippen LogP contribution in [0.2, 0.25) is 0 Å². The number of nitrogens with two attached hydrogens (primary N) is 3. The van der Waals surface area contributed by atoms with Gasteiger partial charge in [-0.3, -0.25) is 28.8 Å². The summed E-state index contributed by atoms with van der Waals surface area (Å²) >= 11 is 0. The maximum atomic E-state index is 12.6. The Hall–Kier alpha value is -3.75. The van der Waals surface area contributed by atoms with Crippen molar-refractivity contribution < 1.29 is 43.8 Å². The highest BCUT2D eigenvalue weighted by atomic mass is 16.4. The van der Waals surface area contributed by atoms with Crippen LogP contribution in [-0.4, -0.2) is 75.9 Å². The van der Waals surface area contributed by atoms with E-state index in [4.69, 9.17) is 27.4 Å². The van der Waals surface area contributed by atoms with Crippen molar-refractivity contribution in [1.29, 1.82) is 0 Å². The smallest absolute Gasteiger partial charge is 0.326 e. The van der Waals surface area contributed by atoms with E-state index in [0.29, 0.717) is 0 Å². The third-order valence-corrected chi connectivity index (χ3v) is 4.36. The van der Waals surface area contributed by atoms with E-state index in [2.05, 4.69) is 16.0 Å². The number of hydrogen-bond acceptors (Lipinski definition) is 8. The van der Waals surface area contributed by atoms with Gasteiger partial charge in [0.15, 0.2) is 0 Å². The number of carboxylic acids is 2. The van der Waals surface area contributed by atoms with Gasteiger partial charge in [0, 0.05) is 19.3 Å². The summed E-state index contributed by atoms with van der Waals surface area (Å²) in [6.07, 6.45) is -1.65. The standard InChI is InChI=1S/C18H30N6O9/c1-8(15(29)24-11(18(32)33)4-7-14(27)28)22-17(31)10(3-6-13(21)26)23-16(30)9(19)2-5-12(20)25/h8-11H,2-7,19H2,1H3,(H2,20,25)(H2,21,26)(H,22,31)(H,23,30)(H,24,29)(H,27,28)(H,32,33). The molecular formula is C18H30N6O9. The van der Waals surface area contributed by atoms with Crippen molar-refractivity contribution in [3.63, 3.8) is 0 Å². The molecule has 0 saturated heterocycles. The quantitative estimate of drug-likeness (QED) is 0.108. The van der Waals surface area contributed by atoms with Crippen LogP contribution in [0.25, 0.3) is 0 Å². The van der Waals surface area contributed by atoms with Crippen LogP contribution in [0.3, 0.4) is 0 Å². The summed E-state index contributed by atoms with van der Waals surface area (Å²) in [7, 11) is 0. The number of rotatable bonds is 16. The van der Waals surface area contributed by atoms with E-state index in [-0.39, 0.29) is 32.1 Å².